The standard InChI is InChI=1S/C54H41N3/c1-3-15-36(16-4-1)41-19-7-11-23-48(41)57-51-26-14-10-21-43(51)46-34-38(28-31-54(46)57)37-27-30-52-45(33-37)42-20-8-13-25-50(42)56(52)40-29-32-53-47(35-40)44-22-9-12-24-49(44)55(53)39-17-5-2-6-18-39/h2-3,5-8,10-18,20-21,23-35,41H,1,4,9,19,22H2. The Morgan fingerprint density at radius 3 is 1.86 bits per heavy atom. The summed E-state index contributed by atoms with van der Waals surface area (Å²) in [6, 6.07) is 49.9. The summed E-state index contributed by atoms with van der Waals surface area (Å²) in [6.07, 6.45) is 24.1. The molecular formula is C54H41N3. The number of aryl methyl sites for hydroxylation is 1. The Bertz CT molecular complexity index is 3260. The normalized spacial score (nSPS) is 16.6. The molecule has 0 spiro atoms. The molecule has 3 heteroatoms. The van der Waals surface area contributed by atoms with Gasteiger partial charge < -0.3 is 13.7 Å². The molecule has 3 aliphatic carbocycles. The first-order valence-electron chi connectivity index (χ1n) is 20.5. The monoisotopic (exact) mass is 731 g/mol. The van der Waals surface area contributed by atoms with E-state index in [2.05, 4.69) is 196 Å². The lowest BCUT2D eigenvalue weighted by atomic mass is 9.86. The van der Waals surface area contributed by atoms with Crippen LogP contribution in [0.3, 0.4) is 0 Å². The molecule has 272 valence electrons. The number of allylic oxidation sites excluding steroid dienone is 9. The van der Waals surface area contributed by atoms with E-state index in [-0.39, 0.29) is 0 Å². The maximum absolute atomic E-state index is 2.53. The van der Waals surface area contributed by atoms with Crippen LogP contribution in [0.25, 0.3) is 88.8 Å². The van der Waals surface area contributed by atoms with E-state index in [9.17, 15) is 0 Å². The maximum Gasteiger partial charge on any atom is 0.0541 e. The summed E-state index contributed by atoms with van der Waals surface area (Å²) in [5.74, 6) is 0.344. The van der Waals surface area contributed by atoms with Crippen molar-refractivity contribution < 1.29 is 0 Å². The van der Waals surface area contributed by atoms with Gasteiger partial charge in [-0.3, -0.25) is 0 Å². The minimum atomic E-state index is 0.344. The molecule has 3 aliphatic rings. The van der Waals surface area contributed by atoms with Crippen molar-refractivity contribution in [2.45, 2.75) is 32.1 Å². The zero-order chi connectivity index (χ0) is 37.5. The van der Waals surface area contributed by atoms with Crippen LogP contribution in [0.2, 0.25) is 0 Å². The summed E-state index contributed by atoms with van der Waals surface area (Å²) < 4.78 is 7.43. The molecule has 0 fully saturated rings. The summed E-state index contributed by atoms with van der Waals surface area (Å²) in [5.41, 5.74) is 16.6. The van der Waals surface area contributed by atoms with E-state index in [0.29, 0.717) is 5.92 Å². The number of para-hydroxylation sites is 3. The van der Waals surface area contributed by atoms with Gasteiger partial charge in [-0.05, 0) is 133 Å². The Balaban J connectivity index is 1.00. The van der Waals surface area contributed by atoms with Gasteiger partial charge in [-0.25, -0.2) is 0 Å². The fraction of sp³-hybridized carbons (Fsp3) is 0.111. The topological polar surface area (TPSA) is 14.8 Å². The lowest BCUT2D eigenvalue weighted by Gasteiger charge is -2.26. The number of aromatic nitrogens is 3. The van der Waals surface area contributed by atoms with Gasteiger partial charge in [0.1, 0.15) is 0 Å². The first-order chi connectivity index (χ1) is 28.3. The van der Waals surface area contributed by atoms with E-state index in [1.165, 1.54) is 99.5 Å². The van der Waals surface area contributed by atoms with Crippen LogP contribution < -0.4 is 0 Å². The highest BCUT2D eigenvalue weighted by Gasteiger charge is 2.25. The van der Waals surface area contributed by atoms with Gasteiger partial charge in [0.25, 0.3) is 0 Å². The lowest BCUT2D eigenvalue weighted by Crippen LogP contribution is -2.13. The molecule has 12 rings (SSSR count). The van der Waals surface area contributed by atoms with Crippen LogP contribution in [0.15, 0.2) is 182 Å². The third-order valence-corrected chi connectivity index (χ3v) is 12.7. The highest BCUT2D eigenvalue weighted by Crippen LogP contribution is 2.43. The molecule has 1 unspecified atom stereocenters. The Labute approximate surface area is 332 Å². The largest absolute Gasteiger partial charge is 0.312 e. The Kier molecular flexibility index (Phi) is 7.31. The third-order valence-electron chi connectivity index (χ3n) is 12.7. The molecule has 3 nitrogen and oxygen atoms in total. The van der Waals surface area contributed by atoms with Gasteiger partial charge in [-0.15, -0.1) is 0 Å². The van der Waals surface area contributed by atoms with Crippen LogP contribution in [0.5, 0.6) is 0 Å². The molecule has 0 saturated carbocycles. The van der Waals surface area contributed by atoms with Crippen molar-refractivity contribution in [3.05, 3.63) is 193 Å². The van der Waals surface area contributed by atoms with Crippen LogP contribution in [0, 0.1) is 5.92 Å². The molecule has 3 heterocycles. The molecular weight excluding hydrogens is 691 g/mol. The molecule has 9 aromatic rings. The van der Waals surface area contributed by atoms with Crippen LogP contribution >= 0.6 is 0 Å². The Morgan fingerprint density at radius 1 is 0.456 bits per heavy atom. The molecule has 0 bridgehead atoms. The second kappa shape index (κ2) is 12.9. The second-order valence-electron chi connectivity index (χ2n) is 15.8. The van der Waals surface area contributed by atoms with Gasteiger partial charge in [-0.2, -0.15) is 0 Å². The van der Waals surface area contributed by atoms with Crippen molar-refractivity contribution in [3.8, 4) is 22.5 Å². The lowest BCUT2D eigenvalue weighted by molar-refractivity contribution is 0.757. The Hall–Kier alpha value is -6.84. The number of rotatable bonds is 5. The number of fused-ring (bicyclic) bond motifs is 9. The van der Waals surface area contributed by atoms with Crippen LogP contribution in [-0.4, -0.2) is 13.7 Å². The highest BCUT2D eigenvalue weighted by atomic mass is 15.0. The fourth-order valence-corrected chi connectivity index (χ4v) is 10.1. The summed E-state index contributed by atoms with van der Waals surface area (Å²) >= 11 is 0. The number of benzene rings is 6. The van der Waals surface area contributed by atoms with Gasteiger partial charge in [0.15, 0.2) is 0 Å². The summed E-state index contributed by atoms with van der Waals surface area (Å²) in [4.78, 5) is 0. The molecule has 0 radical (unpaired) electrons. The van der Waals surface area contributed by atoms with E-state index in [1.54, 1.807) is 0 Å². The van der Waals surface area contributed by atoms with E-state index < -0.39 is 0 Å². The average molecular weight is 732 g/mol. The maximum atomic E-state index is 2.53. The van der Waals surface area contributed by atoms with Crippen molar-refractivity contribution in [2.24, 2.45) is 5.92 Å². The zero-order valence-corrected chi connectivity index (χ0v) is 31.8. The summed E-state index contributed by atoms with van der Waals surface area (Å²) in [7, 11) is 0. The van der Waals surface area contributed by atoms with Gasteiger partial charge in [0.2, 0.25) is 0 Å². The summed E-state index contributed by atoms with van der Waals surface area (Å²) in [6.45, 7) is 0. The first kappa shape index (κ1) is 32.4. The number of hydrogen-bond acceptors (Lipinski definition) is 0. The van der Waals surface area contributed by atoms with E-state index in [4.69, 9.17) is 0 Å². The minimum absolute atomic E-state index is 0.344. The fourth-order valence-electron chi connectivity index (χ4n) is 10.1. The number of nitrogens with zero attached hydrogens (tertiary/aromatic N) is 3. The molecule has 0 N–H and O–H groups in total. The van der Waals surface area contributed by atoms with E-state index in [1.807, 2.05) is 0 Å². The molecule has 0 aliphatic heterocycles. The van der Waals surface area contributed by atoms with Crippen LogP contribution in [0.4, 0.5) is 0 Å². The summed E-state index contributed by atoms with van der Waals surface area (Å²) in [5, 5.41) is 6.47. The van der Waals surface area contributed by atoms with Crippen molar-refractivity contribution in [3.63, 3.8) is 0 Å². The molecule has 0 saturated heterocycles. The van der Waals surface area contributed by atoms with Gasteiger partial charge in [0.05, 0.1) is 27.6 Å². The first-order valence-corrected chi connectivity index (χ1v) is 20.5. The van der Waals surface area contributed by atoms with Crippen molar-refractivity contribution in [1.29, 1.82) is 0 Å². The second-order valence-corrected chi connectivity index (χ2v) is 15.8. The SMILES string of the molecule is C1=CCC(C2=CCCC=C2)C(n2c3ccccc3c3cc(-c4ccc5c(c4)c4ccccc4n5-c4ccc5c(c4)c4c(n5-c5ccccc5)C=CCC4)ccc32)=C1. The van der Waals surface area contributed by atoms with Gasteiger partial charge >= 0.3 is 0 Å². The van der Waals surface area contributed by atoms with E-state index in [0.717, 1.165) is 32.1 Å². The average Bonchev–Trinajstić information content (AvgIpc) is 3.92. The van der Waals surface area contributed by atoms with Crippen molar-refractivity contribution in [2.75, 3.05) is 0 Å². The zero-order valence-electron chi connectivity index (χ0n) is 31.8. The quantitative estimate of drug-likeness (QED) is 0.167. The molecule has 0 amide bonds. The number of hydrogen-bond donors (Lipinski definition) is 0. The van der Waals surface area contributed by atoms with Crippen LogP contribution in [0.1, 0.15) is 36.9 Å². The minimum Gasteiger partial charge on any atom is -0.312 e. The van der Waals surface area contributed by atoms with Crippen molar-refractivity contribution in [1.82, 2.24) is 13.7 Å². The van der Waals surface area contributed by atoms with Crippen molar-refractivity contribution >= 4 is 66.3 Å². The molecule has 57 heavy (non-hydrogen) atoms. The smallest absolute Gasteiger partial charge is 0.0541 e. The molecule has 3 aromatic heterocycles. The highest BCUT2D eigenvalue weighted by molar-refractivity contribution is 6.13. The van der Waals surface area contributed by atoms with Crippen LogP contribution in [-0.2, 0) is 6.42 Å². The third kappa shape index (κ3) is 4.98. The predicted octanol–water partition coefficient (Wildman–Crippen LogP) is 14.2. The van der Waals surface area contributed by atoms with E-state index >= 15 is 0 Å². The molecule has 1 atom stereocenters. The molecule has 6 aromatic carbocycles. The predicted molar refractivity (Wildman–Crippen MR) is 241 cm³/mol. The van der Waals surface area contributed by atoms with Gasteiger partial charge in [0, 0.05) is 55.6 Å². The van der Waals surface area contributed by atoms with Gasteiger partial charge in [-0.1, -0.05) is 103 Å². The Morgan fingerprint density at radius 2 is 1.11 bits per heavy atom.